The van der Waals surface area contributed by atoms with Crippen molar-refractivity contribution in [3.05, 3.63) is 143 Å². The average molecular weight is 616 g/mol. The second-order valence-corrected chi connectivity index (χ2v) is 10.2. The SMILES string of the molecule is CC(=O)N1N/C(=C2/C=CC=CC2=O)CC1c1ccccc1.CC(=O)N1N/C(=C2/C=CC=CC2=O)CC1c1ccccc1.[Mn]. The third-order valence-corrected chi connectivity index (χ3v) is 7.40. The van der Waals surface area contributed by atoms with Crippen LogP contribution in [0.3, 0.4) is 0 Å². The fourth-order valence-corrected chi connectivity index (χ4v) is 5.36. The van der Waals surface area contributed by atoms with Gasteiger partial charge in [-0.05, 0) is 35.4 Å². The molecule has 2 fully saturated rings. The molecule has 0 spiro atoms. The topological polar surface area (TPSA) is 98.8 Å². The van der Waals surface area contributed by atoms with Crippen molar-refractivity contribution in [2.45, 2.75) is 38.8 Å². The Labute approximate surface area is 261 Å². The predicted octanol–water partition coefficient (Wildman–Crippen LogP) is 4.86. The summed E-state index contributed by atoms with van der Waals surface area (Å²) in [6, 6.07) is 19.5. The Balaban J connectivity index is 0.000000192. The maximum Gasteiger partial charge on any atom is 0.238 e. The molecular formula is C34H32MnN4O4. The number of hydrazine groups is 2. The molecular weight excluding hydrogens is 583 g/mol. The smallest absolute Gasteiger partial charge is 0.238 e. The molecule has 9 heteroatoms. The Morgan fingerprint density at radius 3 is 1.28 bits per heavy atom. The van der Waals surface area contributed by atoms with Crippen LogP contribution in [-0.4, -0.2) is 33.4 Å². The molecule has 2 aromatic rings. The van der Waals surface area contributed by atoms with E-state index in [1.165, 1.54) is 26.0 Å². The Hall–Kier alpha value is -4.72. The number of hydrogen-bond acceptors (Lipinski definition) is 6. The van der Waals surface area contributed by atoms with Crippen LogP contribution in [0, 0.1) is 0 Å². The molecule has 1 radical (unpaired) electrons. The molecule has 219 valence electrons. The summed E-state index contributed by atoms with van der Waals surface area (Å²) in [6.07, 6.45) is 15.0. The molecule has 0 bridgehead atoms. The van der Waals surface area contributed by atoms with Crippen molar-refractivity contribution in [2.75, 3.05) is 0 Å². The number of ketones is 2. The van der Waals surface area contributed by atoms with Crippen LogP contribution in [0.15, 0.2) is 132 Å². The second kappa shape index (κ2) is 14.0. The quantitative estimate of drug-likeness (QED) is 0.370. The van der Waals surface area contributed by atoms with Gasteiger partial charge in [0, 0.05) is 66.3 Å². The first-order valence-corrected chi connectivity index (χ1v) is 13.8. The van der Waals surface area contributed by atoms with E-state index in [0.717, 1.165) is 22.5 Å². The van der Waals surface area contributed by atoms with Gasteiger partial charge >= 0.3 is 0 Å². The van der Waals surface area contributed by atoms with E-state index in [4.69, 9.17) is 0 Å². The minimum absolute atomic E-state index is 0. The number of nitrogens with one attached hydrogen (secondary N) is 2. The minimum atomic E-state index is -0.0849. The number of allylic oxidation sites excluding steroid dienone is 10. The number of hydrogen-bond donors (Lipinski definition) is 2. The van der Waals surface area contributed by atoms with Crippen molar-refractivity contribution in [3.63, 3.8) is 0 Å². The molecule has 4 aliphatic rings. The van der Waals surface area contributed by atoms with E-state index in [-0.39, 0.29) is 52.5 Å². The Kier molecular flexibility index (Phi) is 10.1. The summed E-state index contributed by atoms with van der Waals surface area (Å²) in [5.41, 5.74) is 11.1. The van der Waals surface area contributed by atoms with Crippen LogP contribution < -0.4 is 10.9 Å². The maximum atomic E-state index is 12.0. The van der Waals surface area contributed by atoms with Crippen LogP contribution in [0.25, 0.3) is 0 Å². The molecule has 2 N–H and O–H groups in total. The van der Waals surface area contributed by atoms with E-state index in [0.29, 0.717) is 24.0 Å². The van der Waals surface area contributed by atoms with Crippen molar-refractivity contribution >= 4 is 23.4 Å². The molecule has 0 aromatic heterocycles. The van der Waals surface area contributed by atoms with Crippen LogP contribution >= 0.6 is 0 Å². The van der Waals surface area contributed by atoms with Gasteiger partial charge in [-0.2, -0.15) is 0 Å². The molecule has 0 saturated carbocycles. The molecule has 2 amide bonds. The molecule has 2 atom stereocenters. The summed E-state index contributed by atoms with van der Waals surface area (Å²) < 4.78 is 0. The second-order valence-electron chi connectivity index (χ2n) is 10.2. The van der Waals surface area contributed by atoms with Crippen molar-refractivity contribution in [1.29, 1.82) is 0 Å². The molecule has 6 rings (SSSR count). The van der Waals surface area contributed by atoms with Crippen LogP contribution in [0.1, 0.15) is 49.9 Å². The van der Waals surface area contributed by atoms with Crippen molar-refractivity contribution < 1.29 is 36.2 Å². The minimum Gasteiger partial charge on any atom is -0.299 e. The summed E-state index contributed by atoms with van der Waals surface area (Å²) in [4.78, 5) is 47.7. The van der Waals surface area contributed by atoms with Gasteiger partial charge in [-0.25, -0.2) is 10.0 Å². The van der Waals surface area contributed by atoms with E-state index < -0.39 is 0 Å². The van der Waals surface area contributed by atoms with Crippen LogP contribution in [0.2, 0.25) is 0 Å². The maximum absolute atomic E-state index is 12.0. The fraction of sp³-hybridized carbons (Fsp3) is 0.176. The number of carbonyl (C=O) groups is 4. The summed E-state index contributed by atoms with van der Waals surface area (Å²) in [5.74, 6) is -0.195. The van der Waals surface area contributed by atoms with E-state index in [2.05, 4.69) is 10.9 Å². The third-order valence-electron chi connectivity index (χ3n) is 7.40. The molecule has 2 aliphatic carbocycles. The zero-order chi connectivity index (χ0) is 29.6. The first-order chi connectivity index (χ1) is 20.3. The van der Waals surface area contributed by atoms with E-state index in [1.54, 1.807) is 34.3 Å². The fourth-order valence-electron chi connectivity index (χ4n) is 5.36. The number of nitrogens with zero attached hydrogens (tertiary/aromatic N) is 2. The van der Waals surface area contributed by atoms with Gasteiger partial charge in [-0.3, -0.25) is 30.0 Å². The van der Waals surface area contributed by atoms with E-state index in [9.17, 15) is 19.2 Å². The average Bonchev–Trinajstić information content (AvgIpc) is 3.65. The van der Waals surface area contributed by atoms with E-state index >= 15 is 0 Å². The summed E-state index contributed by atoms with van der Waals surface area (Å²) >= 11 is 0. The normalized spacial score (nSPS) is 23.8. The zero-order valence-corrected chi connectivity index (χ0v) is 25.0. The predicted molar refractivity (Wildman–Crippen MR) is 160 cm³/mol. The molecule has 2 aromatic carbocycles. The number of carbonyl (C=O) groups excluding carboxylic acids is 4. The van der Waals surface area contributed by atoms with Crippen LogP contribution in [0.4, 0.5) is 0 Å². The van der Waals surface area contributed by atoms with Gasteiger partial charge in [0.25, 0.3) is 0 Å². The van der Waals surface area contributed by atoms with Crippen molar-refractivity contribution in [3.8, 4) is 0 Å². The number of amides is 2. The first kappa shape index (κ1) is 31.2. The number of rotatable bonds is 2. The summed E-state index contributed by atoms with van der Waals surface area (Å²) in [5, 5.41) is 3.19. The van der Waals surface area contributed by atoms with Gasteiger partial charge in [0.05, 0.1) is 12.1 Å². The zero-order valence-electron chi connectivity index (χ0n) is 23.9. The van der Waals surface area contributed by atoms with Gasteiger partial charge in [0.1, 0.15) is 0 Å². The standard InChI is InChI=1S/2C17H16N2O2.Mn/c2*1-12(20)19-16(13-7-3-2-4-8-13)11-15(18-19)14-9-5-6-10-17(14)21;/h2*2-10,16,18H,11H2,1H3;/b2*15-14-;. The molecule has 2 aliphatic heterocycles. The molecule has 43 heavy (non-hydrogen) atoms. The first-order valence-electron chi connectivity index (χ1n) is 13.8. The number of benzene rings is 2. The molecule has 2 heterocycles. The largest absolute Gasteiger partial charge is 0.299 e. The van der Waals surface area contributed by atoms with Gasteiger partial charge < -0.3 is 0 Å². The van der Waals surface area contributed by atoms with Crippen molar-refractivity contribution in [1.82, 2.24) is 20.9 Å². The van der Waals surface area contributed by atoms with E-state index in [1.807, 2.05) is 72.8 Å². The van der Waals surface area contributed by atoms with Gasteiger partial charge in [-0.1, -0.05) is 85.0 Å². The Morgan fingerprint density at radius 2 is 0.953 bits per heavy atom. The van der Waals surface area contributed by atoms with Crippen LogP contribution in [-0.2, 0) is 36.2 Å². The summed E-state index contributed by atoms with van der Waals surface area (Å²) in [6.45, 7) is 3.05. The molecule has 2 unspecified atom stereocenters. The van der Waals surface area contributed by atoms with Gasteiger partial charge in [-0.15, -0.1) is 0 Å². The Morgan fingerprint density at radius 1 is 0.605 bits per heavy atom. The van der Waals surface area contributed by atoms with Gasteiger partial charge in [0.15, 0.2) is 11.6 Å². The summed E-state index contributed by atoms with van der Waals surface area (Å²) in [7, 11) is 0. The molecule has 8 nitrogen and oxygen atoms in total. The Bertz CT molecular complexity index is 1470. The van der Waals surface area contributed by atoms with Crippen molar-refractivity contribution in [2.24, 2.45) is 0 Å². The third kappa shape index (κ3) is 7.02. The van der Waals surface area contributed by atoms with Crippen LogP contribution in [0.5, 0.6) is 0 Å². The monoisotopic (exact) mass is 615 g/mol. The molecule has 2 saturated heterocycles. The van der Waals surface area contributed by atoms with Gasteiger partial charge in [0.2, 0.25) is 11.8 Å².